The highest BCUT2D eigenvalue weighted by Crippen LogP contribution is 2.18. The van der Waals surface area contributed by atoms with Gasteiger partial charge in [0.05, 0.1) is 17.6 Å². The van der Waals surface area contributed by atoms with Crippen LogP contribution in [-0.4, -0.2) is 20.4 Å². The molecule has 27 heavy (non-hydrogen) atoms. The smallest absolute Gasteiger partial charge is 0.251 e. The molecule has 4 rings (SSSR count). The number of amides is 1. The zero-order valence-electron chi connectivity index (χ0n) is 14.5. The second-order valence-corrected chi connectivity index (χ2v) is 6.15. The van der Waals surface area contributed by atoms with Crippen molar-refractivity contribution in [3.8, 4) is 0 Å². The number of pyridine rings is 1. The average Bonchev–Trinajstić information content (AvgIpc) is 3.06. The Balaban J connectivity index is 1.61. The van der Waals surface area contributed by atoms with Gasteiger partial charge in [-0.2, -0.15) is 0 Å². The van der Waals surface area contributed by atoms with Crippen molar-refractivity contribution in [2.24, 2.45) is 0 Å². The summed E-state index contributed by atoms with van der Waals surface area (Å²) in [6, 6.07) is 17.5. The molecule has 2 aromatic heterocycles. The molecule has 0 saturated carbocycles. The molecule has 0 aliphatic rings. The molecule has 2 aromatic carbocycles. The standard InChI is InChI=1S/C21H17FN4O/c22-17-7-5-15(6-8-17)14-26-19-4-2-1-3-18(19)25-20(26)13-24-21(27)16-9-11-23-12-10-16/h1-12H,13-14H2,(H,24,27). The molecule has 0 bridgehead atoms. The minimum atomic E-state index is -0.265. The number of nitrogens with zero attached hydrogens (tertiary/aromatic N) is 3. The molecule has 0 saturated heterocycles. The van der Waals surface area contributed by atoms with Gasteiger partial charge in [0, 0.05) is 24.5 Å². The summed E-state index contributed by atoms with van der Waals surface area (Å²) in [5.41, 5.74) is 3.33. The Morgan fingerprint density at radius 1 is 1.00 bits per heavy atom. The maximum absolute atomic E-state index is 13.2. The molecule has 5 nitrogen and oxygen atoms in total. The maximum Gasteiger partial charge on any atom is 0.251 e. The van der Waals surface area contributed by atoms with Gasteiger partial charge in [-0.25, -0.2) is 9.37 Å². The van der Waals surface area contributed by atoms with E-state index in [-0.39, 0.29) is 18.3 Å². The van der Waals surface area contributed by atoms with Crippen LogP contribution >= 0.6 is 0 Å². The van der Waals surface area contributed by atoms with Crippen molar-refractivity contribution in [1.82, 2.24) is 19.9 Å². The number of carbonyl (C=O) groups excluding carboxylic acids is 1. The van der Waals surface area contributed by atoms with Crippen molar-refractivity contribution in [3.63, 3.8) is 0 Å². The fraction of sp³-hybridized carbons (Fsp3) is 0.0952. The monoisotopic (exact) mass is 360 g/mol. The molecular formula is C21H17FN4O. The van der Waals surface area contributed by atoms with E-state index in [9.17, 15) is 9.18 Å². The lowest BCUT2D eigenvalue weighted by Crippen LogP contribution is -2.24. The lowest BCUT2D eigenvalue weighted by Gasteiger charge is -2.10. The molecule has 6 heteroatoms. The van der Waals surface area contributed by atoms with Crippen LogP contribution in [0.4, 0.5) is 4.39 Å². The first-order chi connectivity index (χ1) is 13.2. The Hall–Kier alpha value is -3.54. The molecular weight excluding hydrogens is 343 g/mol. The maximum atomic E-state index is 13.2. The van der Waals surface area contributed by atoms with E-state index in [1.165, 1.54) is 12.1 Å². The number of carbonyl (C=O) groups is 1. The number of hydrogen-bond donors (Lipinski definition) is 1. The number of fused-ring (bicyclic) bond motifs is 1. The van der Waals surface area contributed by atoms with Crippen LogP contribution < -0.4 is 5.32 Å². The van der Waals surface area contributed by atoms with E-state index in [2.05, 4.69) is 15.3 Å². The van der Waals surface area contributed by atoms with E-state index in [0.717, 1.165) is 22.4 Å². The summed E-state index contributed by atoms with van der Waals surface area (Å²) in [4.78, 5) is 20.9. The lowest BCUT2D eigenvalue weighted by molar-refractivity contribution is 0.0949. The Labute approximate surface area is 155 Å². The van der Waals surface area contributed by atoms with Gasteiger partial charge in [0.25, 0.3) is 5.91 Å². The number of rotatable bonds is 5. The first-order valence-electron chi connectivity index (χ1n) is 8.57. The van der Waals surface area contributed by atoms with Crippen LogP contribution in [0.15, 0.2) is 73.1 Å². The Kier molecular flexibility index (Phi) is 4.61. The summed E-state index contributed by atoms with van der Waals surface area (Å²) in [5.74, 6) is 0.291. The van der Waals surface area contributed by atoms with Crippen molar-refractivity contribution >= 4 is 16.9 Å². The van der Waals surface area contributed by atoms with Crippen LogP contribution in [0, 0.1) is 5.82 Å². The summed E-state index contributed by atoms with van der Waals surface area (Å²) in [6.45, 7) is 0.832. The predicted molar refractivity (Wildman–Crippen MR) is 101 cm³/mol. The molecule has 0 fully saturated rings. The first-order valence-corrected chi connectivity index (χ1v) is 8.57. The molecule has 0 atom stereocenters. The molecule has 0 aliphatic heterocycles. The second kappa shape index (κ2) is 7.37. The Morgan fingerprint density at radius 3 is 2.52 bits per heavy atom. The largest absolute Gasteiger partial charge is 0.345 e. The number of aromatic nitrogens is 3. The summed E-state index contributed by atoms with van der Waals surface area (Å²) < 4.78 is 15.2. The van der Waals surface area contributed by atoms with E-state index in [0.29, 0.717) is 12.1 Å². The van der Waals surface area contributed by atoms with Crippen molar-refractivity contribution in [2.75, 3.05) is 0 Å². The first kappa shape index (κ1) is 16.9. The van der Waals surface area contributed by atoms with Gasteiger partial charge in [-0.05, 0) is 42.0 Å². The highest BCUT2D eigenvalue weighted by atomic mass is 19.1. The van der Waals surface area contributed by atoms with Gasteiger partial charge in [0.1, 0.15) is 11.6 Å². The zero-order valence-corrected chi connectivity index (χ0v) is 14.5. The molecule has 134 valence electrons. The van der Waals surface area contributed by atoms with Gasteiger partial charge in [0.15, 0.2) is 0 Å². The summed E-state index contributed by atoms with van der Waals surface area (Å²) in [7, 11) is 0. The molecule has 4 aromatic rings. The SMILES string of the molecule is O=C(NCc1nc2ccccc2n1Cc1ccc(F)cc1)c1ccncc1. The predicted octanol–water partition coefficient (Wildman–Crippen LogP) is 3.55. The van der Waals surface area contributed by atoms with Crippen molar-refractivity contribution in [2.45, 2.75) is 13.1 Å². The summed E-state index contributed by atoms with van der Waals surface area (Å²) >= 11 is 0. The van der Waals surface area contributed by atoms with E-state index in [1.807, 2.05) is 28.8 Å². The fourth-order valence-electron chi connectivity index (χ4n) is 2.97. The topological polar surface area (TPSA) is 59.8 Å². The Bertz CT molecular complexity index is 1070. The molecule has 2 heterocycles. The van der Waals surface area contributed by atoms with Crippen LogP contribution in [-0.2, 0) is 13.1 Å². The number of imidazole rings is 1. The van der Waals surface area contributed by atoms with E-state index < -0.39 is 0 Å². The molecule has 1 N–H and O–H groups in total. The van der Waals surface area contributed by atoms with E-state index in [4.69, 9.17) is 0 Å². The molecule has 1 amide bonds. The van der Waals surface area contributed by atoms with Crippen LogP contribution in [0.1, 0.15) is 21.7 Å². The molecule has 0 unspecified atom stereocenters. The van der Waals surface area contributed by atoms with Gasteiger partial charge >= 0.3 is 0 Å². The van der Waals surface area contributed by atoms with Crippen molar-refractivity contribution in [3.05, 3.63) is 95.8 Å². The molecule has 0 aliphatic carbocycles. The van der Waals surface area contributed by atoms with Gasteiger partial charge in [-0.15, -0.1) is 0 Å². The minimum absolute atomic E-state index is 0.183. The molecule has 0 radical (unpaired) electrons. The second-order valence-electron chi connectivity index (χ2n) is 6.15. The van der Waals surface area contributed by atoms with Gasteiger partial charge < -0.3 is 9.88 Å². The van der Waals surface area contributed by atoms with Crippen molar-refractivity contribution in [1.29, 1.82) is 0 Å². The highest BCUT2D eigenvalue weighted by molar-refractivity contribution is 5.93. The van der Waals surface area contributed by atoms with Gasteiger partial charge in [-0.1, -0.05) is 24.3 Å². The van der Waals surface area contributed by atoms with Crippen LogP contribution in [0.2, 0.25) is 0 Å². The van der Waals surface area contributed by atoms with Gasteiger partial charge in [-0.3, -0.25) is 9.78 Å². The quantitative estimate of drug-likeness (QED) is 0.592. The third-order valence-corrected chi connectivity index (χ3v) is 4.34. The number of hydrogen-bond acceptors (Lipinski definition) is 3. The number of nitrogens with one attached hydrogen (secondary N) is 1. The lowest BCUT2D eigenvalue weighted by atomic mass is 10.2. The fourth-order valence-corrected chi connectivity index (χ4v) is 2.97. The van der Waals surface area contributed by atoms with E-state index >= 15 is 0 Å². The third kappa shape index (κ3) is 3.69. The van der Waals surface area contributed by atoms with E-state index in [1.54, 1.807) is 36.7 Å². The number of para-hydroxylation sites is 2. The summed E-state index contributed by atoms with van der Waals surface area (Å²) in [5, 5.41) is 2.90. The zero-order chi connectivity index (χ0) is 18.6. The van der Waals surface area contributed by atoms with Crippen LogP contribution in [0.3, 0.4) is 0 Å². The van der Waals surface area contributed by atoms with Gasteiger partial charge in [0.2, 0.25) is 0 Å². The average molecular weight is 360 g/mol. The van der Waals surface area contributed by atoms with Crippen molar-refractivity contribution < 1.29 is 9.18 Å². The van der Waals surface area contributed by atoms with Crippen LogP contribution in [0.25, 0.3) is 11.0 Å². The minimum Gasteiger partial charge on any atom is -0.345 e. The number of halogens is 1. The Morgan fingerprint density at radius 2 is 1.74 bits per heavy atom. The number of benzene rings is 2. The van der Waals surface area contributed by atoms with Crippen LogP contribution in [0.5, 0.6) is 0 Å². The third-order valence-electron chi connectivity index (χ3n) is 4.34. The normalized spacial score (nSPS) is 10.9. The highest BCUT2D eigenvalue weighted by Gasteiger charge is 2.13. The summed E-state index contributed by atoms with van der Waals surface area (Å²) in [6.07, 6.45) is 3.16. The molecule has 0 spiro atoms.